The van der Waals surface area contributed by atoms with Crippen molar-refractivity contribution in [3.8, 4) is 22.6 Å². The Balaban J connectivity index is 1.40. The van der Waals surface area contributed by atoms with Gasteiger partial charge in [-0.05, 0) is 41.8 Å². The number of rotatable bonds is 9. The molecule has 0 aromatic heterocycles. The molecule has 1 aliphatic rings. The summed E-state index contributed by atoms with van der Waals surface area (Å²) in [6, 6.07) is 23.0. The Morgan fingerprint density at radius 3 is 2.31 bits per heavy atom. The maximum atomic E-state index is 12.7. The standard InChI is InChI=1S/C29H29NO5/c1-2-34-28-20-22(9-15-27(28)35-21-29(32)30-16-18-33-19-17-30)8-14-26(31)25-12-10-24(11-13-25)23-6-4-3-5-7-23/h3-15,20H,2,16-19,21H2,1H3/b14-8+. The lowest BCUT2D eigenvalue weighted by atomic mass is 10.0. The second-order valence-electron chi connectivity index (χ2n) is 8.06. The van der Waals surface area contributed by atoms with E-state index in [-0.39, 0.29) is 18.3 Å². The van der Waals surface area contributed by atoms with Crippen LogP contribution in [0.2, 0.25) is 0 Å². The molecular formula is C29H29NO5. The van der Waals surface area contributed by atoms with Gasteiger partial charge in [0.05, 0.1) is 19.8 Å². The molecule has 0 spiro atoms. The van der Waals surface area contributed by atoms with Gasteiger partial charge in [-0.25, -0.2) is 0 Å². The third-order valence-corrected chi connectivity index (χ3v) is 5.69. The first-order chi connectivity index (χ1) is 17.1. The lowest BCUT2D eigenvalue weighted by Gasteiger charge is -2.26. The molecule has 1 saturated heterocycles. The molecule has 0 aliphatic carbocycles. The van der Waals surface area contributed by atoms with Crippen LogP contribution in [0.5, 0.6) is 11.5 Å². The van der Waals surface area contributed by atoms with Gasteiger partial charge in [-0.15, -0.1) is 0 Å². The Morgan fingerprint density at radius 2 is 1.60 bits per heavy atom. The number of carbonyl (C=O) groups is 2. The molecule has 6 heteroatoms. The molecule has 0 N–H and O–H groups in total. The minimum Gasteiger partial charge on any atom is -0.490 e. The van der Waals surface area contributed by atoms with Crippen molar-refractivity contribution in [2.75, 3.05) is 39.5 Å². The van der Waals surface area contributed by atoms with Crippen molar-refractivity contribution in [1.29, 1.82) is 0 Å². The molecule has 4 rings (SSSR count). The van der Waals surface area contributed by atoms with E-state index in [0.29, 0.717) is 50.0 Å². The van der Waals surface area contributed by atoms with E-state index < -0.39 is 0 Å². The average molecular weight is 472 g/mol. The second kappa shape index (κ2) is 12.0. The number of carbonyl (C=O) groups excluding carboxylic acids is 2. The Morgan fingerprint density at radius 1 is 0.886 bits per heavy atom. The van der Waals surface area contributed by atoms with Crippen LogP contribution in [0.4, 0.5) is 0 Å². The largest absolute Gasteiger partial charge is 0.490 e. The summed E-state index contributed by atoms with van der Waals surface area (Å²) in [4.78, 5) is 26.8. The van der Waals surface area contributed by atoms with E-state index >= 15 is 0 Å². The van der Waals surface area contributed by atoms with E-state index in [4.69, 9.17) is 14.2 Å². The van der Waals surface area contributed by atoms with E-state index in [2.05, 4.69) is 0 Å². The molecule has 0 unspecified atom stereocenters. The highest BCUT2D eigenvalue weighted by atomic mass is 16.5. The van der Waals surface area contributed by atoms with E-state index in [0.717, 1.165) is 16.7 Å². The zero-order valence-electron chi connectivity index (χ0n) is 19.8. The fraction of sp³-hybridized carbons (Fsp3) is 0.241. The van der Waals surface area contributed by atoms with Crippen LogP contribution in [-0.4, -0.2) is 56.1 Å². The van der Waals surface area contributed by atoms with Gasteiger partial charge >= 0.3 is 0 Å². The van der Waals surface area contributed by atoms with Gasteiger partial charge in [0.25, 0.3) is 5.91 Å². The summed E-state index contributed by atoms with van der Waals surface area (Å²) in [5, 5.41) is 0. The summed E-state index contributed by atoms with van der Waals surface area (Å²) >= 11 is 0. The summed E-state index contributed by atoms with van der Waals surface area (Å²) in [6.07, 6.45) is 3.30. The normalized spacial score (nSPS) is 13.6. The number of morpholine rings is 1. The van der Waals surface area contributed by atoms with Crippen LogP contribution in [0.25, 0.3) is 17.2 Å². The monoisotopic (exact) mass is 471 g/mol. The van der Waals surface area contributed by atoms with Crippen LogP contribution >= 0.6 is 0 Å². The first-order valence-corrected chi connectivity index (χ1v) is 11.8. The van der Waals surface area contributed by atoms with Crippen LogP contribution in [0.15, 0.2) is 78.9 Å². The first kappa shape index (κ1) is 24.2. The van der Waals surface area contributed by atoms with Gasteiger partial charge in [-0.2, -0.15) is 0 Å². The minimum absolute atomic E-state index is 0.0628. The SMILES string of the molecule is CCOc1cc(/C=C/C(=O)c2ccc(-c3ccccc3)cc2)ccc1OCC(=O)N1CCOCC1. The van der Waals surface area contributed by atoms with Gasteiger partial charge in [-0.1, -0.05) is 66.7 Å². The highest BCUT2D eigenvalue weighted by Crippen LogP contribution is 2.29. The summed E-state index contributed by atoms with van der Waals surface area (Å²) < 4.78 is 16.8. The van der Waals surface area contributed by atoms with Gasteiger partial charge < -0.3 is 19.1 Å². The first-order valence-electron chi connectivity index (χ1n) is 11.8. The van der Waals surface area contributed by atoms with Crippen molar-refractivity contribution < 1.29 is 23.8 Å². The predicted octanol–water partition coefficient (Wildman–Crippen LogP) is 4.89. The van der Waals surface area contributed by atoms with Gasteiger partial charge in [0, 0.05) is 18.7 Å². The molecule has 180 valence electrons. The molecule has 0 bridgehead atoms. The highest BCUT2D eigenvalue weighted by molar-refractivity contribution is 6.07. The molecule has 0 radical (unpaired) electrons. The third-order valence-electron chi connectivity index (χ3n) is 5.69. The van der Waals surface area contributed by atoms with Crippen molar-refractivity contribution in [2.45, 2.75) is 6.92 Å². The Bertz CT molecular complexity index is 1170. The quantitative estimate of drug-likeness (QED) is 0.329. The number of benzene rings is 3. The molecule has 1 aliphatic heterocycles. The number of hydrogen-bond donors (Lipinski definition) is 0. The molecule has 1 fully saturated rings. The number of ketones is 1. The Labute approximate surface area is 205 Å². The topological polar surface area (TPSA) is 65.1 Å². The van der Waals surface area contributed by atoms with Gasteiger partial charge in [0.2, 0.25) is 0 Å². The summed E-state index contributed by atoms with van der Waals surface area (Å²) in [5.41, 5.74) is 3.59. The third kappa shape index (κ3) is 6.58. The molecule has 0 atom stereocenters. The van der Waals surface area contributed by atoms with Crippen LogP contribution in [0.3, 0.4) is 0 Å². The fourth-order valence-corrected chi connectivity index (χ4v) is 3.79. The van der Waals surface area contributed by atoms with Crippen LogP contribution < -0.4 is 9.47 Å². The van der Waals surface area contributed by atoms with E-state index in [9.17, 15) is 9.59 Å². The van der Waals surface area contributed by atoms with Crippen molar-refractivity contribution in [2.24, 2.45) is 0 Å². The lowest BCUT2D eigenvalue weighted by molar-refractivity contribution is -0.137. The van der Waals surface area contributed by atoms with Crippen molar-refractivity contribution in [1.82, 2.24) is 4.90 Å². The Hall–Kier alpha value is -3.90. The molecule has 3 aromatic carbocycles. The zero-order chi connectivity index (χ0) is 24.5. The summed E-state index contributed by atoms with van der Waals surface area (Å²) in [7, 11) is 0. The van der Waals surface area contributed by atoms with Crippen LogP contribution in [0.1, 0.15) is 22.8 Å². The predicted molar refractivity (Wildman–Crippen MR) is 136 cm³/mol. The molecule has 3 aromatic rings. The second-order valence-corrected chi connectivity index (χ2v) is 8.06. The van der Waals surface area contributed by atoms with Crippen molar-refractivity contribution in [3.05, 3.63) is 90.0 Å². The van der Waals surface area contributed by atoms with Gasteiger partial charge in [0.15, 0.2) is 23.9 Å². The molecule has 1 heterocycles. The number of hydrogen-bond acceptors (Lipinski definition) is 5. The summed E-state index contributed by atoms with van der Waals surface area (Å²) in [5.74, 6) is 0.861. The zero-order valence-corrected chi connectivity index (χ0v) is 19.8. The Kier molecular flexibility index (Phi) is 8.30. The molecule has 35 heavy (non-hydrogen) atoms. The van der Waals surface area contributed by atoms with Gasteiger partial charge in [-0.3, -0.25) is 9.59 Å². The number of allylic oxidation sites excluding steroid dienone is 1. The molecule has 0 saturated carbocycles. The minimum atomic E-state index is -0.0843. The smallest absolute Gasteiger partial charge is 0.260 e. The maximum absolute atomic E-state index is 12.7. The maximum Gasteiger partial charge on any atom is 0.260 e. The van der Waals surface area contributed by atoms with Gasteiger partial charge in [0.1, 0.15) is 0 Å². The van der Waals surface area contributed by atoms with Crippen molar-refractivity contribution in [3.63, 3.8) is 0 Å². The van der Waals surface area contributed by atoms with E-state index in [1.165, 1.54) is 0 Å². The molecule has 1 amide bonds. The number of amides is 1. The lowest BCUT2D eigenvalue weighted by Crippen LogP contribution is -2.43. The fourth-order valence-electron chi connectivity index (χ4n) is 3.79. The van der Waals surface area contributed by atoms with Crippen LogP contribution in [-0.2, 0) is 9.53 Å². The highest BCUT2D eigenvalue weighted by Gasteiger charge is 2.18. The van der Waals surface area contributed by atoms with E-state index in [1.807, 2.05) is 67.6 Å². The number of ether oxygens (including phenoxy) is 3. The molecule has 6 nitrogen and oxygen atoms in total. The summed E-state index contributed by atoms with van der Waals surface area (Å²) in [6.45, 7) is 4.52. The van der Waals surface area contributed by atoms with Crippen molar-refractivity contribution >= 4 is 17.8 Å². The average Bonchev–Trinajstić information content (AvgIpc) is 2.92. The molecular weight excluding hydrogens is 442 g/mol. The van der Waals surface area contributed by atoms with Crippen LogP contribution in [0, 0.1) is 0 Å². The van der Waals surface area contributed by atoms with E-state index in [1.54, 1.807) is 29.2 Å². The number of nitrogens with zero attached hydrogens (tertiary/aromatic N) is 1.